The number of nitrogens with one attached hydrogen (secondary N) is 1. The van der Waals surface area contributed by atoms with Crippen LogP contribution in [0.15, 0.2) is 78.9 Å². The van der Waals surface area contributed by atoms with E-state index < -0.39 is 6.04 Å². The second-order valence-electron chi connectivity index (χ2n) is 7.24. The molecule has 0 radical (unpaired) electrons. The summed E-state index contributed by atoms with van der Waals surface area (Å²) in [6, 6.07) is 23.0. The zero-order chi connectivity index (χ0) is 22.9. The number of ether oxygens (including phenoxy) is 1. The molecular weight excluding hydrogens is 447 g/mol. The minimum absolute atomic E-state index is 0.169. The largest absolute Gasteiger partial charge is 0.484 e. The van der Waals surface area contributed by atoms with Gasteiger partial charge in [-0.1, -0.05) is 77.8 Å². The highest BCUT2D eigenvalue weighted by Gasteiger charge is 2.26. The maximum Gasteiger partial charge on any atom is 0.261 e. The fraction of sp³-hybridized carbons (Fsp3) is 0.200. The minimum atomic E-state index is -0.715. The maximum absolute atomic E-state index is 13.0. The van der Waals surface area contributed by atoms with Gasteiger partial charge in [-0.3, -0.25) is 9.59 Å². The smallest absolute Gasteiger partial charge is 0.261 e. The van der Waals surface area contributed by atoms with Gasteiger partial charge < -0.3 is 15.0 Å². The van der Waals surface area contributed by atoms with Crippen LogP contribution < -0.4 is 10.1 Å². The van der Waals surface area contributed by atoms with Gasteiger partial charge in [0.05, 0.1) is 0 Å². The lowest BCUT2D eigenvalue weighted by molar-refractivity contribution is -0.142. The summed E-state index contributed by atoms with van der Waals surface area (Å²) in [7, 11) is 0. The van der Waals surface area contributed by atoms with Crippen LogP contribution in [-0.4, -0.2) is 29.4 Å². The van der Waals surface area contributed by atoms with Gasteiger partial charge in [-0.05, 0) is 42.3 Å². The Morgan fingerprint density at radius 2 is 1.62 bits per heavy atom. The van der Waals surface area contributed by atoms with Crippen molar-refractivity contribution in [2.24, 2.45) is 0 Å². The Morgan fingerprint density at radius 3 is 2.28 bits per heavy atom. The lowest BCUT2D eigenvalue weighted by Crippen LogP contribution is -2.48. The molecule has 0 aromatic heterocycles. The minimum Gasteiger partial charge on any atom is -0.484 e. The Kier molecular flexibility index (Phi) is 8.54. The zero-order valence-electron chi connectivity index (χ0n) is 17.6. The van der Waals surface area contributed by atoms with Crippen molar-refractivity contribution in [3.63, 3.8) is 0 Å². The molecule has 3 aromatic rings. The molecule has 3 rings (SSSR count). The van der Waals surface area contributed by atoms with Crippen molar-refractivity contribution in [2.45, 2.75) is 26.1 Å². The van der Waals surface area contributed by atoms with E-state index in [1.54, 1.807) is 37.3 Å². The number of rotatable bonds is 9. The molecule has 5 nitrogen and oxygen atoms in total. The fourth-order valence-corrected chi connectivity index (χ4v) is 3.58. The molecule has 0 spiro atoms. The van der Waals surface area contributed by atoms with E-state index in [9.17, 15) is 9.59 Å². The SMILES string of the molecule is C[C@H](C(=O)NCc1ccc(Cl)cc1Cl)N(Cc1ccccc1)C(=O)COc1ccccc1. The van der Waals surface area contributed by atoms with E-state index in [2.05, 4.69) is 5.32 Å². The van der Waals surface area contributed by atoms with Crippen molar-refractivity contribution in [1.82, 2.24) is 10.2 Å². The van der Waals surface area contributed by atoms with Crippen molar-refractivity contribution in [3.05, 3.63) is 100 Å². The van der Waals surface area contributed by atoms with Crippen molar-refractivity contribution >= 4 is 35.0 Å². The number of para-hydroxylation sites is 1. The van der Waals surface area contributed by atoms with Gasteiger partial charge in [-0.15, -0.1) is 0 Å². The molecule has 0 bridgehead atoms. The molecule has 3 aromatic carbocycles. The molecule has 0 fully saturated rings. The molecule has 1 atom stereocenters. The quantitative estimate of drug-likeness (QED) is 0.472. The van der Waals surface area contributed by atoms with Crippen LogP contribution >= 0.6 is 23.2 Å². The first-order chi connectivity index (χ1) is 15.4. The third-order valence-corrected chi connectivity index (χ3v) is 5.52. The summed E-state index contributed by atoms with van der Waals surface area (Å²) >= 11 is 12.1. The monoisotopic (exact) mass is 470 g/mol. The molecular formula is C25H24Cl2N2O3. The molecule has 1 N–H and O–H groups in total. The van der Waals surface area contributed by atoms with E-state index in [0.717, 1.165) is 11.1 Å². The number of carbonyl (C=O) groups excluding carboxylic acids is 2. The van der Waals surface area contributed by atoms with Crippen molar-refractivity contribution in [2.75, 3.05) is 6.61 Å². The summed E-state index contributed by atoms with van der Waals surface area (Å²) in [6.07, 6.45) is 0. The normalized spacial score (nSPS) is 11.5. The van der Waals surface area contributed by atoms with Crippen LogP contribution in [0, 0.1) is 0 Å². The molecule has 2 amide bonds. The van der Waals surface area contributed by atoms with E-state index >= 15 is 0 Å². The molecule has 0 unspecified atom stereocenters. The molecule has 0 aliphatic rings. The number of benzene rings is 3. The Labute approximate surface area is 197 Å². The van der Waals surface area contributed by atoms with E-state index in [0.29, 0.717) is 15.8 Å². The van der Waals surface area contributed by atoms with Crippen molar-refractivity contribution in [3.8, 4) is 5.75 Å². The third-order valence-electron chi connectivity index (χ3n) is 4.94. The highest BCUT2D eigenvalue weighted by molar-refractivity contribution is 6.35. The number of nitrogens with zero attached hydrogens (tertiary/aromatic N) is 1. The Hall–Kier alpha value is -3.02. The van der Waals surface area contributed by atoms with Crippen LogP contribution in [0.3, 0.4) is 0 Å². The van der Waals surface area contributed by atoms with Gasteiger partial charge in [0.15, 0.2) is 6.61 Å². The standard InChI is InChI=1S/C25H24Cl2N2O3/c1-18(25(31)28-15-20-12-13-21(26)14-23(20)27)29(16-19-8-4-2-5-9-19)24(30)17-32-22-10-6-3-7-11-22/h2-14,18H,15-17H2,1H3,(H,28,31)/t18-/m1/s1. The fourth-order valence-electron chi connectivity index (χ4n) is 3.10. The van der Waals surface area contributed by atoms with Gasteiger partial charge in [-0.2, -0.15) is 0 Å². The number of amides is 2. The van der Waals surface area contributed by atoms with Crippen LogP contribution in [0.1, 0.15) is 18.1 Å². The topological polar surface area (TPSA) is 58.6 Å². The van der Waals surface area contributed by atoms with Crippen LogP contribution in [0.5, 0.6) is 5.75 Å². The first kappa shape index (κ1) is 23.6. The Morgan fingerprint density at radius 1 is 0.969 bits per heavy atom. The highest BCUT2D eigenvalue weighted by atomic mass is 35.5. The zero-order valence-corrected chi connectivity index (χ0v) is 19.1. The number of hydrogen-bond acceptors (Lipinski definition) is 3. The molecule has 0 saturated heterocycles. The van der Waals surface area contributed by atoms with Gasteiger partial charge in [0, 0.05) is 23.1 Å². The molecule has 32 heavy (non-hydrogen) atoms. The van der Waals surface area contributed by atoms with Gasteiger partial charge in [0.2, 0.25) is 5.91 Å². The first-order valence-electron chi connectivity index (χ1n) is 10.2. The molecule has 0 aliphatic carbocycles. The lowest BCUT2D eigenvalue weighted by atomic mass is 10.1. The molecule has 0 heterocycles. The van der Waals surface area contributed by atoms with Gasteiger partial charge in [-0.25, -0.2) is 0 Å². The van der Waals surface area contributed by atoms with Crippen LogP contribution in [-0.2, 0) is 22.7 Å². The van der Waals surface area contributed by atoms with E-state index in [1.807, 2.05) is 48.5 Å². The van der Waals surface area contributed by atoms with Crippen LogP contribution in [0.4, 0.5) is 0 Å². The Bertz CT molecular complexity index is 1050. The number of halogens is 2. The van der Waals surface area contributed by atoms with E-state index in [1.165, 1.54) is 4.90 Å². The molecule has 0 saturated carbocycles. The summed E-state index contributed by atoms with van der Waals surface area (Å²) in [6.45, 7) is 2.04. The summed E-state index contributed by atoms with van der Waals surface area (Å²) in [5.74, 6) is 0.0138. The highest BCUT2D eigenvalue weighted by Crippen LogP contribution is 2.21. The Balaban J connectivity index is 1.69. The summed E-state index contributed by atoms with van der Waals surface area (Å²) in [4.78, 5) is 27.4. The van der Waals surface area contributed by atoms with Gasteiger partial charge in [0.25, 0.3) is 5.91 Å². The first-order valence-corrected chi connectivity index (χ1v) is 10.9. The third kappa shape index (κ3) is 6.74. The average Bonchev–Trinajstić information content (AvgIpc) is 2.81. The second-order valence-corrected chi connectivity index (χ2v) is 8.08. The summed E-state index contributed by atoms with van der Waals surface area (Å²) < 4.78 is 5.62. The number of hydrogen-bond donors (Lipinski definition) is 1. The lowest BCUT2D eigenvalue weighted by Gasteiger charge is -2.28. The summed E-state index contributed by atoms with van der Waals surface area (Å²) in [5.41, 5.74) is 1.66. The van der Waals surface area contributed by atoms with E-state index in [4.69, 9.17) is 27.9 Å². The second kappa shape index (κ2) is 11.6. The van der Waals surface area contributed by atoms with Crippen molar-refractivity contribution < 1.29 is 14.3 Å². The van der Waals surface area contributed by atoms with E-state index in [-0.39, 0.29) is 31.5 Å². The summed E-state index contributed by atoms with van der Waals surface area (Å²) in [5, 5.41) is 3.85. The van der Waals surface area contributed by atoms with Crippen LogP contribution in [0.25, 0.3) is 0 Å². The predicted molar refractivity (Wildman–Crippen MR) is 127 cm³/mol. The van der Waals surface area contributed by atoms with Crippen LogP contribution in [0.2, 0.25) is 10.0 Å². The van der Waals surface area contributed by atoms with Crippen molar-refractivity contribution in [1.29, 1.82) is 0 Å². The molecule has 166 valence electrons. The predicted octanol–water partition coefficient (Wildman–Crippen LogP) is 5.11. The van der Waals surface area contributed by atoms with Gasteiger partial charge in [0.1, 0.15) is 11.8 Å². The molecule has 7 heteroatoms. The number of carbonyl (C=O) groups is 2. The average molecular weight is 471 g/mol. The van der Waals surface area contributed by atoms with Gasteiger partial charge >= 0.3 is 0 Å². The molecule has 0 aliphatic heterocycles. The maximum atomic E-state index is 13.0.